The van der Waals surface area contributed by atoms with Crippen molar-refractivity contribution in [1.82, 2.24) is 19.1 Å². The number of ether oxygens (including phenoxy) is 1. The monoisotopic (exact) mass is 834 g/mol. The van der Waals surface area contributed by atoms with Gasteiger partial charge in [-0.2, -0.15) is 18.2 Å². The Hall–Kier alpha value is -5.06. The van der Waals surface area contributed by atoms with Gasteiger partial charge in [0.1, 0.15) is 5.82 Å². The fourth-order valence-corrected chi connectivity index (χ4v) is 6.35. The molecule has 0 bridgehead atoms. The Morgan fingerprint density at radius 3 is 2.14 bits per heavy atom. The molecule has 8 aromatic rings. The molecule has 252 valence electrons. The quantitative estimate of drug-likeness (QED) is 0.128. The molecule has 4 aromatic carbocycles. The van der Waals surface area contributed by atoms with Gasteiger partial charge in [0.15, 0.2) is 0 Å². The molecule has 0 atom stereocenters. The minimum atomic E-state index is -0.0124. The standard InChI is InChI=1S/C43H37N5O.Pt/c1-42(2,3)29-12-11-13-31(24-29)46-28-47(38-17-10-9-16-37(38)46)40-27-33(21-23-44-40)49-32-18-19-35-34-14-7-8-15-36(34)48(39(35)26-32)41-25-30(20-22-45-41)43(4,5)6;/h7-25H,1-6H3;/q-2;. The third kappa shape index (κ3) is 6.03. The van der Waals surface area contributed by atoms with Gasteiger partial charge < -0.3 is 9.30 Å². The van der Waals surface area contributed by atoms with Crippen molar-refractivity contribution in [3.63, 3.8) is 0 Å². The third-order valence-electron chi connectivity index (χ3n) is 9.02. The number of imidazole rings is 1. The molecular weight excluding hydrogens is 798 g/mol. The number of pyridine rings is 2. The van der Waals surface area contributed by atoms with Crippen LogP contribution < -0.4 is 9.30 Å². The number of fused-ring (bicyclic) bond motifs is 4. The number of aromatic nitrogens is 5. The van der Waals surface area contributed by atoms with Gasteiger partial charge in [0.25, 0.3) is 6.33 Å². The zero-order valence-electron chi connectivity index (χ0n) is 28.9. The summed E-state index contributed by atoms with van der Waals surface area (Å²) in [6, 6.07) is 42.3. The molecule has 0 aliphatic rings. The van der Waals surface area contributed by atoms with Crippen LogP contribution >= 0.6 is 0 Å². The van der Waals surface area contributed by atoms with Gasteiger partial charge in [-0.25, -0.2) is 4.98 Å². The summed E-state index contributed by atoms with van der Waals surface area (Å²) in [5, 5.41) is 2.22. The van der Waals surface area contributed by atoms with Crippen molar-refractivity contribution in [3.05, 3.63) is 145 Å². The largest absolute Gasteiger partial charge is 0.522 e. The second kappa shape index (κ2) is 12.7. The average molecular weight is 835 g/mol. The van der Waals surface area contributed by atoms with Crippen LogP contribution in [0.3, 0.4) is 0 Å². The van der Waals surface area contributed by atoms with Crippen molar-refractivity contribution < 1.29 is 30.4 Å². The summed E-state index contributed by atoms with van der Waals surface area (Å²) in [6.45, 7) is 13.3. The van der Waals surface area contributed by atoms with E-state index in [0.717, 1.165) is 44.3 Å². The van der Waals surface area contributed by atoms with E-state index in [4.69, 9.17) is 9.72 Å². The normalized spacial score (nSPS) is 12.0. The van der Waals surface area contributed by atoms with E-state index in [-0.39, 0.29) is 31.9 Å². The van der Waals surface area contributed by atoms with Crippen LogP contribution in [-0.4, -0.2) is 19.1 Å². The van der Waals surface area contributed by atoms with Crippen LogP contribution in [0, 0.1) is 18.5 Å². The third-order valence-corrected chi connectivity index (χ3v) is 9.02. The first-order valence-electron chi connectivity index (χ1n) is 16.6. The van der Waals surface area contributed by atoms with Crippen molar-refractivity contribution >= 4 is 32.8 Å². The summed E-state index contributed by atoms with van der Waals surface area (Å²) in [7, 11) is 0. The fourth-order valence-electron chi connectivity index (χ4n) is 6.35. The molecule has 0 fully saturated rings. The minimum Gasteiger partial charge on any atom is -0.522 e. The number of hydrogen-bond acceptors (Lipinski definition) is 3. The summed E-state index contributed by atoms with van der Waals surface area (Å²) in [4.78, 5) is 9.49. The van der Waals surface area contributed by atoms with Gasteiger partial charge in [-0.05, 0) is 63.4 Å². The predicted molar refractivity (Wildman–Crippen MR) is 195 cm³/mol. The van der Waals surface area contributed by atoms with Crippen molar-refractivity contribution in [3.8, 4) is 28.8 Å². The molecule has 4 aromatic heterocycles. The van der Waals surface area contributed by atoms with Crippen LogP contribution in [-0.2, 0) is 31.9 Å². The van der Waals surface area contributed by atoms with E-state index in [9.17, 15) is 0 Å². The molecule has 4 heterocycles. The van der Waals surface area contributed by atoms with Crippen molar-refractivity contribution in [2.45, 2.75) is 52.4 Å². The van der Waals surface area contributed by atoms with Crippen LogP contribution in [0.2, 0.25) is 0 Å². The molecule has 7 heteroatoms. The Balaban J connectivity index is 0.00000392. The van der Waals surface area contributed by atoms with Gasteiger partial charge in [-0.15, -0.1) is 17.5 Å². The topological polar surface area (TPSA) is 48.8 Å². The van der Waals surface area contributed by atoms with Gasteiger partial charge in [0, 0.05) is 38.5 Å². The molecule has 0 aliphatic carbocycles. The van der Waals surface area contributed by atoms with E-state index >= 15 is 0 Å². The number of rotatable bonds is 5. The molecule has 0 spiro atoms. The molecule has 0 aliphatic heterocycles. The predicted octanol–water partition coefficient (Wildman–Crippen LogP) is 9.58. The second-order valence-corrected chi connectivity index (χ2v) is 14.5. The van der Waals surface area contributed by atoms with E-state index in [1.807, 2.05) is 35.0 Å². The zero-order chi connectivity index (χ0) is 33.9. The SMILES string of the molecule is CC(C)(C)c1cccc(-[n+]2[c-]n(-c3[c-]c(Oc4[c-]c5c(cc4)c4ccccc4n5-c4cc(C(C)(C)C)ccn4)ccn3)c3ccccc32)c1.[Pt]. The van der Waals surface area contributed by atoms with Crippen LogP contribution in [0.1, 0.15) is 52.7 Å². The van der Waals surface area contributed by atoms with Gasteiger partial charge in [-0.3, -0.25) is 14.1 Å². The van der Waals surface area contributed by atoms with Gasteiger partial charge >= 0.3 is 0 Å². The summed E-state index contributed by atoms with van der Waals surface area (Å²) in [5.41, 5.74) is 7.47. The first-order valence-corrected chi connectivity index (χ1v) is 16.6. The van der Waals surface area contributed by atoms with Crippen LogP contribution in [0.4, 0.5) is 0 Å². The Kier molecular flexibility index (Phi) is 8.48. The zero-order valence-corrected chi connectivity index (χ0v) is 31.2. The second-order valence-electron chi connectivity index (χ2n) is 14.5. The molecule has 0 saturated carbocycles. The summed E-state index contributed by atoms with van der Waals surface area (Å²) in [5.74, 6) is 2.54. The Bertz CT molecular complexity index is 2510. The molecule has 0 unspecified atom stereocenters. The van der Waals surface area contributed by atoms with E-state index < -0.39 is 0 Å². The Labute approximate surface area is 307 Å². The minimum absolute atomic E-state index is 0. The molecule has 0 amide bonds. The molecule has 0 saturated heterocycles. The van der Waals surface area contributed by atoms with Gasteiger partial charge in [-0.1, -0.05) is 108 Å². The molecule has 6 nitrogen and oxygen atoms in total. The maximum absolute atomic E-state index is 6.45. The summed E-state index contributed by atoms with van der Waals surface area (Å²) >= 11 is 0. The van der Waals surface area contributed by atoms with E-state index in [0.29, 0.717) is 17.3 Å². The van der Waals surface area contributed by atoms with E-state index in [1.54, 1.807) is 6.20 Å². The first-order chi connectivity index (χ1) is 23.5. The Morgan fingerprint density at radius 1 is 0.640 bits per heavy atom. The van der Waals surface area contributed by atoms with Gasteiger partial charge in [0.05, 0.1) is 22.5 Å². The van der Waals surface area contributed by atoms with Crippen LogP contribution in [0.15, 0.2) is 116 Å². The number of para-hydroxylation sites is 3. The van der Waals surface area contributed by atoms with Crippen molar-refractivity contribution in [2.24, 2.45) is 0 Å². The molecule has 0 N–H and O–H groups in total. The summed E-state index contributed by atoms with van der Waals surface area (Å²) < 4.78 is 12.6. The first kappa shape index (κ1) is 33.4. The number of nitrogens with zero attached hydrogens (tertiary/aromatic N) is 5. The molecule has 0 radical (unpaired) electrons. The average Bonchev–Trinajstić information content (AvgIpc) is 3.64. The number of hydrogen-bond donors (Lipinski definition) is 0. The van der Waals surface area contributed by atoms with Crippen LogP contribution in [0.25, 0.3) is 50.2 Å². The van der Waals surface area contributed by atoms with Gasteiger partial charge in [0.2, 0.25) is 0 Å². The smallest absolute Gasteiger partial charge is 0.269 e. The Morgan fingerprint density at radius 2 is 1.34 bits per heavy atom. The molecular formula is C43H37N5OPt-2. The number of benzene rings is 4. The fraction of sp³-hybridized carbons (Fsp3) is 0.186. The maximum Gasteiger partial charge on any atom is 0.269 e. The molecule has 50 heavy (non-hydrogen) atoms. The van der Waals surface area contributed by atoms with Crippen LogP contribution in [0.5, 0.6) is 11.5 Å². The summed E-state index contributed by atoms with van der Waals surface area (Å²) in [6.07, 6.45) is 7.17. The van der Waals surface area contributed by atoms with Crippen molar-refractivity contribution in [1.29, 1.82) is 0 Å². The van der Waals surface area contributed by atoms with E-state index in [1.165, 1.54) is 11.1 Å². The maximum atomic E-state index is 6.45. The molecule has 8 rings (SSSR count). The van der Waals surface area contributed by atoms with Crippen molar-refractivity contribution in [2.75, 3.05) is 0 Å². The van der Waals surface area contributed by atoms with E-state index in [2.05, 4.69) is 153 Å².